The summed E-state index contributed by atoms with van der Waals surface area (Å²) in [7, 11) is 1.63. The Morgan fingerprint density at radius 1 is 1.64 bits per heavy atom. The van der Waals surface area contributed by atoms with Gasteiger partial charge in [-0.3, -0.25) is 9.78 Å². The minimum Gasteiger partial charge on any atom is -0.355 e. The van der Waals surface area contributed by atoms with E-state index in [0.717, 1.165) is 30.8 Å². The monoisotopic (exact) mass is 191 g/mol. The summed E-state index contributed by atoms with van der Waals surface area (Å²) in [6.45, 7) is 1.78. The molecular weight excluding hydrogens is 178 g/mol. The third kappa shape index (κ3) is 1.61. The van der Waals surface area contributed by atoms with Crippen molar-refractivity contribution in [3.63, 3.8) is 0 Å². The quantitative estimate of drug-likeness (QED) is 0.661. The molecule has 1 aliphatic rings. The van der Waals surface area contributed by atoms with Crippen molar-refractivity contribution >= 4 is 5.91 Å². The number of nitrogens with one attached hydrogen (secondary N) is 2. The van der Waals surface area contributed by atoms with E-state index < -0.39 is 0 Å². The molecule has 0 unspecified atom stereocenters. The largest absolute Gasteiger partial charge is 0.355 e. The number of aromatic nitrogens is 1. The lowest BCUT2D eigenvalue weighted by atomic mass is 10.1. The second-order valence-electron chi connectivity index (χ2n) is 3.34. The molecule has 0 radical (unpaired) electrons. The first-order valence-corrected chi connectivity index (χ1v) is 4.72. The number of nitrogens with zero attached hydrogens (tertiary/aromatic N) is 1. The average Bonchev–Trinajstić information content (AvgIpc) is 2.27. The van der Waals surface area contributed by atoms with Crippen molar-refractivity contribution in [2.75, 3.05) is 13.6 Å². The van der Waals surface area contributed by atoms with Crippen LogP contribution in [0, 0.1) is 0 Å². The summed E-state index contributed by atoms with van der Waals surface area (Å²) < 4.78 is 0. The molecule has 0 bridgehead atoms. The van der Waals surface area contributed by atoms with Gasteiger partial charge in [-0.15, -0.1) is 0 Å². The Morgan fingerprint density at radius 3 is 3.29 bits per heavy atom. The number of pyridine rings is 1. The van der Waals surface area contributed by atoms with Crippen LogP contribution in [0.2, 0.25) is 0 Å². The highest BCUT2D eigenvalue weighted by Crippen LogP contribution is 2.12. The van der Waals surface area contributed by atoms with Gasteiger partial charge >= 0.3 is 0 Å². The van der Waals surface area contributed by atoms with Gasteiger partial charge in [0.2, 0.25) is 0 Å². The van der Waals surface area contributed by atoms with Crippen LogP contribution in [0.1, 0.15) is 21.6 Å². The zero-order chi connectivity index (χ0) is 9.97. The molecule has 0 atom stereocenters. The third-order valence-corrected chi connectivity index (χ3v) is 2.40. The van der Waals surface area contributed by atoms with Crippen LogP contribution >= 0.6 is 0 Å². The van der Waals surface area contributed by atoms with Crippen molar-refractivity contribution in [1.29, 1.82) is 0 Å². The maximum absolute atomic E-state index is 11.3. The highest BCUT2D eigenvalue weighted by atomic mass is 16.1. The molecule has 0 saturated heterocycles. The van der Waals surface area contributed by atoms with Crippen LogP contribution in [-0.4, -0.2) is 24.5 Å². The van der Waals surface area contributed by atoms with E-state index in [1.165, 1.54) is 0 Å². The van der Waals surface area contributed by atoms with Crippen LogP contribution < -0.4 is 10.6 Å². The Morgan fingerprint density at radius 2 is 2.50 bits per heavy atom. The molecule has 14 heavy (non-hydrogen) atoms. The fraction of sp³-hybridized carbons (Fsp3) is 0.400. The summed E-state index contributed by atoms with van der Waals surface area (Å²) in [6, 6.07) is 1.91. The van der Waals surface area contributed by atoms with Crippen molar-refractivity contribution < 1.29 is 4.79 Å². The predicted molar refractivity (Wildman–Crippen MR) is 53.0 cm³/mol. The predicted octanol–water partition coefficient (Wildman–Crippen LogP) is 0.0869. The van der Waals surface area contributed by atoms with Gasteiger partial charge in [-0.25, -0.2) is 0 Å². The first-order valence-electron chi connectivity index (χ1n) is 4.72. The Hall–Kier alpha value is -1.42. The first-order chi connectivity index (χ1) is 6.81. The van der Waals surface area contributed by atoms with Crippen molar-refractivity contribution in [1.82, 2.24) is 15.6 Å². The number of fused-ring (bicyclic) bond motifs is 1. The van der Waals surface area contributed by atoms with E-state index in [1.807, 2.05) is 6.07 Å². The summed E-state index contributed by atoms with van der Waals surface area (Å²) >= 11 is 0. The minimum atomic E-state index is -0.0779. The Balaban J connectivity index is 2.33. The van der Waals surface area contributed by atoms with Gasteiger partial charge < -0.3 is 10.6 Å². The number of rotatable bonds is 1. The molecule has 1 aliphatic heterocycles. The topological polar surface area (TPSA) is 54.0 Å². The Labute approximate surface area is 82.7 Å². The molecule has 0 aromatic carbocycles. The van der Waals surface area contributed by atoms with Crippen molar-refractivity contribution in [3.05, 3.63) is 29.1 Å². The fourth-order valence-electron chi connectivity index (χ4n) is 1.62. The van der Waals surface area contributed by atoms with E-state index in [2.05, 4.69) is 15.6 Å². The van der Waals surface area contributed by atoms with Gasteiger partial charge in [0.05, 0.1) is 5.56 Å². The molecule has 1 aromatic rings. The van der Waals surface area contributed by atoms with Gasteiger partial charge in [0.1, 0.15) is 0 Å². The lowest BCUT2D eigenvalue weighted by Gasteiger charge is -2.16. The van der Waals surface area contributed by atoms with Crippen molar-refractivity contribution in [2.45, 2.75) is 13.0 Å². The van der Waals surface area contributed by atoms with Gasteiger partial charge in [-0.1, -0.05) is 0 Å². The van der Waals surface area contributed by atoms with E-state index >= 15 is 0 Å². The smallest absolute Gasteiger partial charge is 0.252 e. The third-order valence-electron chi connectivity index (χ3n) is 2.40. The molecule has 0 spiro atoms. The molecule has 74 valence electrons. The Kier molecular flexibility index (Phi) is 2.45. The van der Waals surface area contributed by atoms with E-state index in [0.29, 0.717) is 5.56 Å². The fourth-order valence-corrected chi connectivity index (χ4v) is 1.62. The molecule has 4 heteroatoms. The van der Waals surface area contributed by atoms with E-state index in [-0.39, 0.29) is 5.91 Å². The number of carbonyl (C=O) groups is 1. The van der Waals surface area contributed by atoms with Gasteiger partial charge in [0.15, 0.2) is 0 Å². The van der Waals surface area contributed by atoms with E-state index in [4.69, 9.17) is 0 Å². The number of hydrogen-bond acceptors (Lipinski definition) is 3. The normalized spacial score (nSPS) is 14.6. The van der Waals surface area contributed by atoms with Crippen LogP contribution in [0.5, 0.6) is 0 Å². The van der Waals surface area contributed by atoms with Crippen molar-refractivity contribution in [3.8, 4) is 0 Å². The molecule has 4 nitrogen and oxygen atoms in total. The molecule has 0 fully saturated rings. The molecule has 1 amide bonds. The van der Waals surface area contributed by atoms with Crippen LogP contribution in [0.3, 0.4) is 0 Å². The lowest BCUT2D eigenvalue weighted by molar-refractivity contribution is 0.0962. The van der Waals surface area contributed by atoms with Crippen LogP contribution in [0.4, 0.5) is 0 Å². The molecule has 2 N–H and O–H groups in total. The molecule has 2 heterocycles. The second-order valence-corrected chi connectivity index (χ2v) is 3.34. The average molecular weight is 191 g/mol. The summed E-state index contributed by atoms with van der Waals surface area (Å²) in [5, 5.41) is 5.84. The van der Waals surface area contributed by atoms with Crippen LogP contribution in [-0.2, 0) is 13.0 Å². The van der Waals surface area contributed by atoms with Gasteiger partial charge in [0, 0.05) is 38.4 Å². The number of carbonyl (C=O) groups excluding carboxylic acids is 1. The highest BCUT2D eigenvalue weighted by molar-refractivity contribution is 5.93. The first kappa shape index (κ1) is 9.15. The van der Waals surface area contributed by atoms with E-state index in [9.17, 15) is 4.79 Å². The van der Waals surface area contributed by atoms with Crippen LogP contribution in [0.15, 0.2) is 12.3 Å². The zero-order valence-electron chi connectivity index (χ0n) is 8.13. The van der Waals surface area contributed by atoms with Gasteiger partial charge in [-0.05, 0) is 11.6 Å². The highest BCUT2D eigenvalue weighted by Gasteiger charge is 2.12. The summed E-state index contributed by atoms with van der Waals surface area (Å²) in [5.74, 6) is -0.0779. The zero-order valence-corrected chi connectivity index (χ0v) is 8.13. The van der Waals surface area contributed by atoms with Crippen LogP contribution in [0.25, 0.3) is 0 Å². The van der Waals surface area contributed by atoms with Crippen molar-refractivity contribution in [2.24, 2.45) is 0 Å². The maximum atomic E-state index is 11.3. The SMILES string of the molecule is CNC(=O)c1cnc2c(c1)CNCC2. The second kappa shape index (κ2) is 3.75. The molecule has 0 aliphatic carbocycles. The molecule has 2 rings (SSSR count). The van der Waals surface area contributed by atoms with Gasteiger partial charge in [-0.2, -0.15) is 0 Å². The summed E-state index contributed by atoms with van der Waals surface area (Å²) in [4.78, 5) is 15.6. The maximum Gasteiger partial charge on any atom is 0.252 e. The molecule has 1 aromatic heterocycles. The standard InChI is InChI=1S/C10H13N3O/c1-11-10(14)8-4-7-5-12-3-2-9(7)13-6-8/h4,6,12H,2-3,5H2,1H3,(H,11,14). The lowest BCUT2D eigenvalue weighted by Crippen LogP contribution is -2.26. The number of amides is 1. The number of hydrogen-bond donors (Lipinski definition) is 2. The summed E-state index contributed by atoms with van der Waals surface area (Å²) in [5.41, 5.74) is 2.88. The van der Waals surface area contributed by atoms with E-state index in [1.54, 1.807) is 13.2 Å². The molecular formula is C10H13N3O. The summed E-state index contributed by atoms with van der Waals surface area (Å²) in [6.07, 6.45) is 2.59. The van der Waals surface area contributed by atoms with Gasteiger partial charge in [0.25, 0.3) is 5.91 Å². The minimum absolute atomic E-state index is 0.0779. The molecule has 0 saturated carbocycles. The Bertz CT molecular complexity index is 362.